The summed E-state index contributed by atoms with van der Waals surface area (Å²) in [6.07, 6.45) is 40.9. The third-order valence-corrected chi connectivity index (χ3v) is 6.37. The molecule has 0 nitrogen and oxygen atoms in total. The first kappa shape index (κ1) is 28.7. The van der Waals surface area contributed by atoms with Crippen molar-refractivity contribution in [3.05, 3.63) is 12.2 Å². The Morgan fingerprint density at radius 3 is 0.793 bits per heavy atom. The van der Waals surface area contributed by atoms with Crippen molar-refractivity contribution in [3.8, 4) is 0 Å². The average molecular weight is 407 g/mol. The number of allylic oxidation sites excluding steroid dienone is 2. The quantitative estimate of drug-likeness (QED) is 0.104. The highest BCUT2D eigenvalue weighted by molar-refractivity contribution is 4.81. The second-order valence-electron chi connectivity index (χ2n) is 9.47. The van der Waals surface area contributed by atoms with Gasteiger partial charge in [0.2, 0.25) is 0 Å². The number of hydrogen-bond acceptors (Lipinski definition) is 0. The Labute approximate surface area is 186 Å². The van der Waals surface area contributed by atoms with Gasteiger partial charge < -0.3 is 0 Å². The van der Waals surface area contributed by atoms with Crippen LogP contribution in [-0.2, 0) is 0 Å². The first-order valence-electron chi connectivity index (χ1n) is 14.1. The molecule has 29 heavy (non-hydrogen) atoms. The average Bonchev–Trinajstić information content (AvgIpc) is 2.74. The fourth-order valence-corrected chi connectivity index (χ4v) is 4.27. The van der Waals surface area contributed by atoms with E-state index >= 15 is 0 Å². The molecular weight excluding hydrogens is 348 g/mol. The summed E-state index contributed by atoms with van der Waals surface area (Å²) in [5, 5.41) is 0. The molecule has 0 N–H and O–H groups in total. The first-order valence-corrected chi connectivity index (χ1v) is 14.1. The monoisotopic (exact) mass is 406 g/mol. The molecule has 0 aliphatic carbocycles. The summed E-state index contributed by atoms with van der Waals surface area (Å²) in [4.78, 5) is 0. The van der Waals surface area contributed by atoms with Gasteiger partial charge in [0, 0.05) is 0 Å². The first-order chi connectivity index (χ1) is 14.4. The van der Waals surface area contributed by atoms with Gasteiger partial charge in [0.25, 0.3) is 0 Å². The maximum Gasteiger partial charge on any atom is -0.0351 e. The minimum atomic E-state index is 1.30. The topological polar surface area (TPSA) is 0 Å². The van der Waals surface area contributed by atoms with Crippen LogP contribution in [0.2, 0.25) is 0 Å². The zero-order valence-corrected chi connectivity index (χ0v) is 20.8. The van der Waals surface area contributed by atoms with Crippen LogP contribution < -0.4 is 0 Å². The van der Waals surface area contributed by atoms with Gasteiger partial charge in [-0.15, -0.1) is 0 Å². The Balaban J connectivity index is 3.01. The third-order valence-electron chi connectivity index (χ3n) is 6.37. The fourth-order valence-electron chi connectivity index (χ4n) is 4.27. The molecule has 0 amide bonds. The zero-order valence-electron chi connectivity index (χ0n) is 20.8. The Bertz CT molecular complexity index is 290. The summed E-state index contributed by atoms with van der Waals surface area (Å²) in [5.41, 5.74) is 0. The van der Waals surface area contributed by atoms with Crippen LogP contribution in [0.3, 0.4) is 0 Å². The molecule has 0 spiro atoms. The fraction of sp³-hybridized carbons (Fsp3) is 0.931. The van der Waals surface area contributed by atoms with E-state index in [-0.39, 0.29) is 0 Å². The van der Waals surface area contributed by atoms with E-state index in [9.17, 15) is 0 Å². The lowest BCUT2D eigenvalue weighted by Crippen LogP contribution is -1.84. The minimum absolute atomic E-state index is 1.30. The molecule has 0 rings (SSSR count). The zero-order chi connectivity index (χ0) is 21.1. The third kappa shape index (κ3) is 27.7. The molecule has 0 radical (unpaired) electrons. The molecule has 0 unspecified atom stereocenters. The predicted molar refractivity (Wildman–Crippen MR) is 136 cm³/mol. The molecule has 0 heterocycles. The van der Waals surface area contributed by atoms with Crippen molar-refractivity contribution in [1.29, 1.82) is 0 Å². The smallest absolute Gasteiger partial charge is 0.0351 e. The van der Waals surface area contributed by atoms with E-state index in [2.05, 4.69) is 26.0 Å². The molecule has 0 saturated carbocycles. The molecule has 0 heteroatoms. The number of rotatable bonds is 25. The van der Waals surface area contributed by atoms with Crippen molar-refractivity contribution in [2.24, 2.45) is 0 Å². The Kier molecular flexibility index (Phi) is 27.5. The van der Waals surface area contributed by atoms with E-state index in [1.165, 1.54) is 161 Å². The van der Waals surface area contributed by atoms with E-state index in [1.54, 1.807) is 0 Å². The molecule has 0 aromatic carbocycles. The van der Waals surface area contributed by atoms with Gasteiger partial charge in [0.15, 0.2) is 0 Å². The van der Waals surface area contributed by atoms with Gasteiger partial charge in [-0.2, -0.15) is 0 Å². The maximum atomic E-state index is 2.42. The highest BCUT2D eigenvalue weighted by Gasteiger charge is 1.95. The summed E-state index contributed by atoms with van der Waals surface area (Å²) in [7, 11) is 0. The molecule has 0 aliphatic rings. The maximum absolute atomic E-state index is 2.42. The molecule has 0 atom stereocenters. The van der Waals surface area contributed by atoms with Crippen molar-refractivity contribution in [2.45, 2.75) is 174 Å². The lowest BCUT2D eigenvalue weighted by Gasteiger charge is -2.04. The van der Waals surface area contributed by atoms with Crippen molar-refractivity contribution in [2.75, 3.05) is 0 Å². The van der Waals surface area contributed by atoms with Gasteiger partial charge in [-0.05, 0) is 25.7 Å². The minimum Gasteiger partial charge on any atom is -0.0885 e. The largest absolute Gasteiger partial charge is 0.0885 e. The highest BCUT2D eigenvalue weighted by atomic mass is 14.0. The van der Waals surface area contributed by atoms with Crippen LogP contribution in [0.4, 0.5) is 0 Å². The van der Waals surface area contributed by atoms with Crippen LogP contribution in [0.5, 0.6) is 0 Å². The summed E-state index contributed by atoms with van der Waals surface area (Å²) >= 11 is 0. The van der Waals surface area contributed by atoms with Crippen molar-refractivity contribution in [3.63, 3.8) is 0 Å². The van der Waals surface area contributed by atoms with E-state index in [0.29, 0.717) is 0 Å². The standard InChI is InChI=1S/C29H58/c1-3-5-7-9-11-13-15-17-19-21-23-25-27-29-28-26-24-22-20-18-16-14-12-10-8-6-4-2/h11,13H,3-10,12,14-29H2,1-2H3/b13-11+. The van der Waals surface area contributed by atoms with Gasteiger partial charge in [-0.3, -0.25) is 0 Å². The lowest BCUT2D eigenvalue weighted by molar-refractivity contribution is 0.522. The van der Waals surface area contributed by atoms with Crippen molar-refractivity contribution >= 4 is 0 Å². The molecule has 0 aromatic heterocycles. The van der Waals surface area contributed by atoms with Crippen LogP contribution in [0.15, 0.2) is 12.2 Å². The van der Waals surface area contributed by atoms with Crippen molar-refractivity contribution in [1.82, 2.24) is 0 Å². The number of unbranched alkanes of at least 4 members (excludes halogenated alkanes) is 23. The molecule has 0 fully saturated rings. The second kappa shape index (κ2) is 27.7. The molecule has 0 aromatic rings. The highest BCUT2D eigenvalue weighted by Crippen LogP contribution is 2.15. The number of hydrogen-bond donors (Lipinski definition) is 0. The summed E-state index contributed by atoms with van der Waals surface area (Å²) in [5.74, 6) is 0. The molecule has 0 bridgehead atoms. The van der Waals surface area contributed by atoms with E-state index in [1.807, 2.05) is 0 Å². The Morgan fingerprint density at radius 2 is 0.483 bits per heavy atom. The van der Waals surface area contributed by atoms with Gasteiger partial charge in [-0.1, -0.05) is 161 Å². The second-order valence-corrected chi connectivity index (χ2v) is 9.47. The van der Waals surface area contributed by atoms with E-state index in [4.69, 9.17) is 0 Å². The van der Waals surface area contributed by atoms with Gasteiger partial charge in [-0.25, -0.2) is 0 Å². The summed E-state index contributed by atoms with van der Waals surface area (Å²) in [6.45, 7) is 4.58. The Hall–Kier alpha value is -0.260. The van der Waals surface area contributed by atoms with Crippen LogP contribution in [-0.4, -0.2) is 0 Å². The molecular formula is C29H58. The Morgan fingerprint density at radius 1 is 0.276 bits per heavy atom. The van der Waals surface area contributed by atoms with E-state index < -0.39 is 0 Å². The van der Waals surface area contributed by atoms with Gasteiger partial charge in [0.05, 0.1) is 0 Å². The van der Waals surface area contributed by atoms with Gasteiger partial charge in [0.1, 0.15) is 0 Å². The van der Waals surface area contributed by atoms with Gasteiger partial charge >= 0.3 is 0 Å². The van der Waals surface area contributed by atoms with Crippen LogP contribution in [0.25, 0.3) is 0 Å². The molecule has 174 valence electrons. The normalized spacial score (nSPS) is 11.7. The summed E-state index contributed by atoms with van der Waals surface area (Å²) < 4.78 is 0. The molecule has 0 aliphatic heterocycles. The lowest BCUT2D eigenvalue weighted by atomic mass is 10.0. The van der Waals surface area contributed by atoms with Crippen LogP contribution in [0, 0.1) is 0 Å². The van der Waals surface area contributed by atoms with Crippen LogP contribution >= 0.6 is 0 Å². The van der Waals surface area contributed by atoms with Crippen LogP contribution in [0.1, 0.15) is 174 Å². The summed E-state index contributed by atoms with van der Waals surface area (Å²) in [6, 6.07) is 0. The predicted octanol–water partition coefficient (Wildman–Crippen LogP) is 11.3. The SMILES string of the molecule is CCCCC/C=C/CCCCCCCCCCCCCCCCCCCCCC. The van der Waals surface area contributed by atoms with E-state index in [0.717, 1.165) is 0 Å². The van der Waals surface area contributed by atoms with Crippen molar-refractivity contribution < 1.29 is 0 Å². The molecule has 0 saturated heterocycles.